The maximum atomic E-state index is 12.4. The molecule has 2 saturated carbocycles. The van der Waals surface area contributed by atoms with Crippen molar-refractivity contribution in [2.45, 2.75) is 108 Å². The van der Waals surface area contributed by atoms with Crippen molar-refractivity contribution < 1.29 is 19.1 Å². The molecule has 1 N–H and O–H groups in total. The van der Waals surface area contributed by atoms with E-state index in [-0.39, 0.29) is 13.9 Å². The van der Waals surface area contributed by atoms with Gasteiger partial charge < -0.3 is 14.8 Å². The van der Waals surface area contributed by atoms with Crippen molar-refractivity contribution in [1.82, 2.24) is 5.32 Å². The molecule has 6 heteroatoms. The zero-order chi connectivity index (χ0) is 19.9. The zero-order valence-electron chi connectivity index (χ0n) is 17.6. The molecule has 1 unspecified atom stereocenters. The maximum absolute atomic E-state index is 12.4. The van der Waals surface area contributed by atoms with Gasteiger partial charge in [0.05, 0.1) is 7.11 Å². The Labute approximate surface area is 166 Å². The highest BCUT2D eigenvalue weighted by molar-refractivity contribution is 7.59. The molecule has 1 atom stereocenters. The first-order valence-electron chi connectivity index (χ1n) is 10.6. The van der Waals surface area contributed by atoms with E-state index in [1.807, 2.05) is 20.8 Å². The number of esters is 1. The van der Waals surface area contributed by atoms with Crippen LogP contribution in [-0.4, -0.2) is 48.3 Å². The molecule has 0 aromatic heterocycles. The van der Waals surface area contributed by atoms with Crippen LogP contribution in [0.4, 0.5) is 4.79 Å². The molecule has 0 spiro atoms. The van der Waals surface area contributed by atoms with Crippen LogP contribution in [0.2, 0.25) is 0 Å². The fraction of sp³-hybridized carbons (Fsp3) is 0.905. The lowest BCUT2D eigenvalue weighted by Crippen LogP contribution is -2.46. The van der Waals surface area contributed by atoms with Gasteiger partial charge in [-0.25, -0.2) is 9.59 Å². The number of nitrogens with one attached hydrogen (secondary N) is 1. The van der Waals surface area contributed by atoms with Crippen LogP contribution >= 0.6 is 7.92 Å². The van der Waals surface area contributed by atoms with Crippen LogP contribution in [0, 0.1) is 0 Å². The molecule has 2 aliphatic carbocycles. The van der Waals surface area contributed by atoms with Crippen LogP contribution in [0.15, 0.2) is 0 Å². The summed E-state index contributed by atoms with van der Waals surface area (Å²) in [6, 6.07) is -0.597. The van der Waals surface area contributed by atoms with Crippen molar-refractivity contribution in [1.29, 1.82) is 0 Å². The smallest absolute Gasteiger partial charge is 0.408 e. The Morgan fingerprint density at radius 3 is 1.85 bits per heavy atom. The molecular formula is C21H38NO4P. The average molecular weight is 400 g/mol. The Morgan fingerprint density at radius 2 is 1.44 bits per heavy atom. The number of carbonyl (C=O) groups excluding carboxylic acids is 2. The number of rotatable bonds is 6. The highest BCUT2D eigenvalue weighted by Gasteiger charge is 2.36. The van der Waals surface area contributed by atoms with E-state index in [4.69, 9.17) is 9.47 Å². The standard InChI is InChI=1S/C21H38NO4P/c1-21(2,3)26-20(24)22-18(19(23)25-4)15-27(16-11-7-5-8-12-16)17-13-9-6-10-14-17/h16-18H,5-15H2,1-4H3,(H,22,24). The normalized spacial score (nSPS) is 20.9. The quantitative estimate of drug-likeness (QED) is 0.492. The minimum absolute atomic E-state index is 0.309. The van der Waals surface area contributed by atoms with E-state index < -0.39 is 17.7 Å². The van der Waals surface area contributed by atoms with Gasteiger partial charge in [-0.1, -0.05) is 46.4 Å². The molecular weight excluding hydrogens is 361 g/mol. The summed E-state index contributed by atoms with van der Waals surface area (Å²) in [5, 5.41) is 2.81. The molecule has 0 saturated heterocycles. The van der Waals surface area contributed by atoms with Crippen molar-refractivity contribution >= 4 is 20.0 Å². The highest BCUT2D eigenvalue weighted by Crippen LogP contribution is 2.56. The first-order valence-corrected chi connectivity index (χ1v) is 12.3. The zero-order valence-corrected chi connectivity index (χ0v) is 18.5. The molecule has 156 valence electrons. The second-order valence-corrected chi connectivity index (χ2v) is 11.9. The Kier molecular flexibility index (Phi) is 8.85. The summed E-state index contributed by atoms with van der Waals surface area (Å²) in [6.07, 6.45) is 13.2. The Morgan fingerprint density at radius 1 is 0.963 bits per heavy atom. The van der Waals surface area contributed by atoms with Gasteiger partial charge in [-0.3, -0.25) is 0 Å². The summed E-state index contributed by atoms with van der Waals surface area (Å²) in [5.74, 6) is -0.347. The third kappa shape index (κ3) is 7.60. The second kappa shape index (κ2) is 10.6. The van der Waals surface area contributed by atoms with Gasteiger partial charge in [0, 0.05) is 0 Å². The summed E-state index contributed by atoms with van der Waals surface area (Å²) in [6.45, 7) is 5.49. The molecule has 0 aromatic carbocycles. The van der Waals surface area contributed by atoms with Crippen LogP contribution in [0.25, 0.3) is 0 Å². The van der Waals surface area contributed by atoms with E-state index in [1.165, 1.54) is 71.3 Å². The minimum atomic E-state index is -0.597. The monoisotopic (exact) mass is 399 g/mol. The number of alkyl carbamates (subject to hydrolysis) is 1. The van der Waals surface area contributed by atoms with Gasteiger partial charge in [-0.05, 0) is 63.9 Å². The molecule has 2 fully saturated rings. The molecule has 27 heavy (non-hydrogen) atoms. The SMILES string of the molecule is COC(=O)C(CP(C1CCCCC1)C1CCCCC1)NC(=O)OC(C)(C)C. The van der Waals surface area contributed by atoms with E-state index in [0.29, 0.717) is 0 Å². The van der Waals surface area contributed by atoms with E-state index in [1.54, 1.807) is 0 Å². The van der Waals surface area contributed by atoms with Crippen LogP contribution in [0.1, 0.15) is 85.0 Å². The van der Waals surface area contributed by atoms with Gasteiger partial charge in [-0.2, -0.15) is 0 Å². The van der Waals surface area contributed by atoms with E-state index in [9.17, 15) is 9.59 Å². The Hall–Kier alpha value is -0.830. The van der Waals surface area contributed by atoms with E-state index in [2.05, 4.69) is 5.32 Å². The van der Waals surface area contributed by atoms with Crippen molar-refractivity contribution in [3.05, 3.63) is 0 Å². The molecule has 0 aliphatic heterocycles. The van der Waals surface area contributed by atoms with Crippen LogP contribution in [-0.2, 0) is 14.3 Å². The lowest BCUT2D eigenvalue weighted by Gasteiger charge is -2.40. The van der Waals surface area contributed by atoms with Crippen molar-refractivity contribution in [2.24, 2.45) is 0 Å². The second-order valence-electron chi connectivity index (χ2n) is 9.00. The largest absolute Gasteiger partial charge is 0.467 e. The number of ether oxygens (including phenoxy) is 2. The van der Waals surface area contributed by atoms with Crippen molar-refractivity contribution in [3.63, 3.8) is 0 Å². The number of amides is 1. The van der Waals surface area contributed by atoms with Crippen LogP contribution < -0.4 is 5.32 Å². The maximum Gasteiger partial charge on any atom is 0.408 e. The average Bonchev–Trinajstić information content (AvgIpc) is 2.64. The lowest BCUT2D eigenvalue weighted by atomic mass is 9.99. The van der Waals surface area contributed by atoms with Gasteiger partial charge in [0.15, 0.2) is 0 Å². The molecule has 2 rings (SSSR count). The minimum Gasteiger partial charge on any atom is -0.467 e. The molecule has 2 aliphatic rings. The number of hydrogen-bond acceptors (Lipinski definition) is 4. The number of methoxy groups -OCH3 is 1. The summed E-state index contributed by atoms with van der Waals surface area (Å²) >= 11 is 0. The van der Waals surface area contributed by atoms with Gasteiger partial charge in [0.2, 0.25) is 0 Å². The fourth-order valence-electron chi connectivity index (χ4n) is 4.40. The lowest BCUT2D eigenvalue weighted by molar-refractivity contribution is -0.142. The van der Waals surface area contributed by atoms with E-state index in [0.717, 1.165) is 17.5 Å². The molecule has 5 nitrogen and oxygen atoms in total. The topological polar surface area (TPSA) is 64.6 Å². The molecule has 0 heterocycles. The van der Waals surface area contributed by atoms with E-state index >= 15 is 0 Å². The summed E-state index contributed by atoms with van der Waals surface area (Å²) in [7, 11) is 1.09. The molecule has 0 radical (unpaired) electrons. The predicted octanol–water partition coefficient (Wildman–Crippen LogP) is 5.20. The summed E-state index contributed by atoms with van der Waals surface area (Å²) in [5.41, 5.74) is 0.872. The van der Waals surface area contributed by atoms with Gasteiger partial charge in [-0.15, -0.1) is 0 Å². The van der Waals surface area contributed by atoms with Crippen LogP contribution in [0.3, 0.4) is 0 Å². The first kappa shape index (κ1) is 22.5. The Bertz CT molecular complexity index is 461. The molecule has 1 amide bonds. The van der Waals surface area contributed by atoms with Crippen LogP contribution in [0.5, 0.6) is 0 Å². The summed E-state index contributed by atoms with van der Waals surface area (Å²) in [4.78, 5) is 24.7. The van der Waals surface area contributed by atoms with Gasteiger partial charge in [0.1, 0.15) is 11.6 Å². The third-order valence-corrected chi connectivity index (χ3v) is 9.35. The third-order valence-electron chi connectivity index (χ3n) is 5.66. The fourth-order valence-corrected chi connectivity index (χ4v) is 8.32. The summed E-state index contributed by atoms with van der Waals surface area (Å²) < 4.78 is 10.4. The van der Waals surface area contributed by atoms with Gasteiger partial charge in [0.25, 0.3) is 0 Å². The van der Waals surface area contributed by atoms with Crippen molar-refractivity contribution in [2.75, 3.05) is 13.3 Å². The number of carbonyl (C=O) groups is 2. The first-order chi connectivity index (χ1) is 12.8. The Balaban J connectivity index is 2.10. The van der Waals surface area contributed by atoms with Crippen molar-refractivity contribution in [3.8, 4) is 0 Å². The molecule has 0 bridgehead atoms. The number of hydrogen-bond donors (Lipinski definition) is 1. The predicted molar refractivity (Wildman–Crippen MR) is 111 cm³/mol. The highest BCUT2D eigenvalue weighted by atomic mass is 31.1. The molecule has 0 aromatic rings. The van der Waals surface area contributed by atoms with Gasteiger partial charge >= 0.3 is 12.1 Å².